The van der Waals surface area contributed by atoms with E-state index >= 15 is 0 Å². The molecule has 0 radical (unpaired) electrons. The second-order valence-corrected chi connectivity index (χ2v) is 7.31. The van der Waals surface area contributed by atoms with E-state index in [1.807, 2.05) is 12.1 Å². The van der Waals surface area contributed by atoms with Crippen molar-refractivity contribution in [2.45, 2.75) is 45.6 Å². The van der Waals surface area contributed by atoms with Crippen LogP contribution in [0.15, 0.2) is 41.7 Å². The highest BCUT2D eigenvalue weighted by atomic mass is 16.6. The molecule has 166 valence electrons. The van der Waals surface area contributed by atoms with Gasteiger partial charge >= 0.3 is 5.97 Å². The minimum atomic E-state index is -0.723. The number of ether oxygens (including phenoxy) is 3. The molecule has 0 aromatic carbocycles. The van der Waals surface area contributed by atoms with Crippen LogP contribution in [0.5, 0.6) is 0 Å². The third-order valence-electron chi connectivity index (χ3n) is 5.12. The first-order valence-electron chi connectivity index (χ1n) is 10.6. The number of carbonyl (C=O) groups is 2. The van der Waals surface area contributed by atoms with Gasteiger partial charge in [0.25, 0.3) is 0 Å². The molecule has 0 spiro atoms. The molecule has 2 aromatic rings. The van der Waals surface area contributed by atoms with Gasteiger partial charge in [0, 0.05) is 36.5 Å². The predicted molar refractivity (Wildman–Crippen MR) is 117 cm³/mol. The minimum absolute atomic E-state index is 0.0552. The lowest BCUT2D eigenvalue weighted by molar-refractivity contribution is -0.141. The Morgan fingerprint density at radius 1 is 1.35 bits per heavy atom. The molecule has 1 aliphatic rings. The number of Topliss-reactive ketones (excluding diaryl/α,β-unsaturated/α-hetero) is 1. The number of rotatable bonds is 11. The summed E-state index contributed by atoms with van der Waals surface area (Å²) in [7, 11) is 1.51. The molecule has 0 fully saturated rings. The number of H-pyrrole nitrogens is 1. The number of carbonyl (C=O) groups excluding carboxylic acids is 2. The van der Waals surface area contributed by atoms with Crippen molar-refractivity contribution in [3.05, 3.63) is 47.3 Å². The van der Waals surface area contributed by atoms with Crippen molar-refractivity contribution >= 4 is 28.9 Å². The molecule has 0 bridgehead atoms. The van der Waals surface area contributed by atoms with Crippen molar-refractivity contribution in [2.24, 2.45) is 0 Å². The van der Waals surface area contributed by atoms with Crippen LogP contribution in [-0.4, -0.2) is 48.1 Å². The van der Waals surface area contributed by atoms with E-state index < -0.39 is 11.8 Å². The average molecular weight is 428 g/mol. The van der Waals surface area contributed by atoms with Crippen molar-refractivity contribution in [1.82, 2.24) is 15.3 Å². The summed E-state index contributed by atoms with van der Waals surface area (Å²) < 4.78 is 16.0. The van der Waals surface area contributed by atoms with Gasteiger partial charge in [-0.3, -0.25) is 4.79 Å². The quantitative estimate of drug-likeness (QED) is 0.245. The summed E-state index contributed by atoms with van der Waals surface area (Å²) in [6.45, 7) is 4.48. The lowest BCUT2D eigenvalue weighted by Crippen LogP contribution is -2.30. The van der Waals surface area contributed by atoms with Crippen molar-refractivity contribution in [2.75, 3.05) is 20.3 Å². The van der Waals surface area contributed by atoms with Gasteiger partial charge in [-0.1, -0.05) is 26.7 Å². The van der Waals surface area contributed by atoms with E-state index in [0.717, 1.165) is 36.6 Å². The molecule has 31 heavy (non-hydrogen) atoms. The van der Waals surface area contributed by atoms with Crippen molar-refractivity contribution in [3.63, 3.8) is 0 Å². The number of hydrogen-bond donors (Lipinski definition) is 2. The van der Waals surface area contributed by atoms with Gasteiger partial charge in [-0.25, -0.2) is 9.78 Å². The standard InChI is InChI=1S/C23H29N3O5/c1-4-6-8-16(5-2)26-22-19(23(28)30-12-11-29-3)20(27)18(31-22)13-15-14-25-21-17(15)9-7-10-24-21/h7,9-10,13-14,16,26H,4-6,8,11-12H2,1-3H3,(H,24,25)/b18-13-. The zero-order chi connectivity index (χ0) is 22.2. The Morgan fingerprint density at radius 2 is 2.19 bits per heavy atom. The van der Waals surface area contributed by atoms with Gasteiger partial charge in [0.2, 0.25) is 11.7 Å². The zero-order valence-corrected chi connectivity index (χ0v) is 18.2. The number of pyridine rings is 1. The number of ketones is 1. The summed E-state index contributed by atoms with van der Waals surface area (Å²) in [5.74, 6) is -1.01. The van der Waals surface area contributed by atoms with Gasteiger partial charge in [-0.05, 0) is 31.1 Å². The maximum atomic E-state index is 13.1. The molecule has 0 aliphatic carbocycles. The van der Waals surface area contributed by atoms with Crippen LogP contribution in [0.1, 0.15) is 45.1 Å². The van der Waals surface area contributed by atoms with Crippen LogP contribution in [-0.2, 0) is 23.8 Å². The first-order valence-corrected chi connectivity index (χ1v) is 10.6. The molecule has 0 saturated carbocycles. The Morgan fingerprint density at radius 3 is 2.94 bits per heavy atom. The van der Waals surface area contributed by atoms with Crippen molar-refractivity contribution in [1.29, 1.82) is 0 Å². The van der Waals surface area contributed by atoms with Gasteiger partial charge in [0.15, 0.2) is 11.3 Å². The molecular weight excluding hydrogens is 398 g/mol. The van der Waals surface area contributed by atoms with E-state index in [4.69, 9.17) is 14.2 Å². The molecule has 1 aliphatic heterocycles. The third-order valence-corrected chi connectivity index (χ3v) is 5.12. The Hall–Kier alpha value is -3.13. The number of esters is 1. The Kier molecular flexibility index (Phi) is 7.83. The summed E-state index contributed by atoms with van der Waals surface area (Å²) >= 11 is 0. The number of aromatic nitrogens is 2. The Labute approximate surface area is 181 Å². The molecule has 2 aromatic heterocycles. The number of fused-ring (bicyclic) bond motifs is 1. The monoisotopic (exact) mass is 427 g/mol. The molecule has 1 atom stereocenters. The fourth-order valence-corrected chi connectivity index (χ4v) is 3.36. The number of nitrogens with zero attached hydrogens (tertiary/aromatic N) is 1. The molecule has 2 N–H and O–H groups in total. The highest BCUT2D eigenvalue weighted by Gasteiger charge is 2.37. The maximum absolute atomic E-state index is 13.1. The van der Waals surface area contributed by atoms with Crippen LogP contribution in [0.3, 0.4) is 0 Å². The Bertz CT molecular complexity index is 992. The second-order valence-electron chi connectivity index (χ2n) is 7.31. The normalized spacial score (nSPS) is 16.1. The van der Waals surface area contributed by atoms with Gasteiger partial charge in [0.1, 0.15) is 12.3 Å². The van der Waals surface area contributed by atoms with Crippen LogP contribution in [0.2, 0.25) is 0 Å². The van der Waals surface area contributed by atoms with Gasteiger partial charge in [-0.2, -0.15) is 0 Å². The number of nitrogens with one attached hydrogen (secondary N) is 2. The third kappa shape index (κ3) is 5.32. The minimum Gasteiger partial charge on any atom is -0.459 e. The zero-order valence-electron chi connectivity index (χ0n) is 18.2. The van der Waals surface area contributed by atoms with Crippen molar-refractivity contribution in [3.8, 4) is 0 Å². The van der Waals surface area contributed by atoms with Gasteiger partial charge in [0.05, 0.1) is 6.61 Å². The van der Waals surface area contributed by atoms with Crippen molar-refractivity contribution < 1.29 is 23.8 Å². The van der Waals surface area contributed by atoms with Gasteiger partial charge in [-0.15, -0.1) is 0 Å². The second kappa shape index (κ2) is 10.8. The van der Waals surface area contributed by atoms with Crippen LogP contribution in [0.4, 0.5) is 0 Å². The largest absolute Gasteiger partial charge is 0.459 e. The highest BCUT2D eigenvalue weighted by molar-refractivity contribution is 6.26. The fraction of sp³-hybridized carbons (Fsp3) is 0.435. The first-order chi connectivity index (χ1) is 15.1. The highest BCUT2D eigenvalue weighted by Crippen LogP contribution is 2.29. The van der Waals surface area contributed by atoms with Gasteiger partial charge < -0.3 is 24.5 Å². The lowest BCUT2D eigenvalue weighted by atomic mass is 10.1. The van der Waals surface area contributed by atoms with E-state index in [9.17, 15) is 9.59 Å². The number of allylic oxidation sites excluding steroid dienone is 1. The molecule has 8 nitrogen and oxygen atoms in total. The number of unbranched alkanes of at least 4 members (excludes halogenated alkanes) is 1. The molecule has 3 heterocycles. The number of methoxy groups -OCH3 is 1. The fourth-order valence-electron chi connectivity index (χ4n) is 3.36. The molecule has 0 saturated heterocycles. The van der Waals surface area contributed by atoms with Crippen LogP contribution in [0.25, 0.3) is 17.1 Å². The Balaban J connectivity index is 1.88. The average Bonchev–Trinajstić information content (AvgIpc) is 3.32. The molecule has 0 amide bonds. The van der Waals surface area contributed by atoms with E-state index in [-0.39, 0.29) is 36.5 Å². The van der Waals surface area contributed by atoms with E-state index in [1.165, 1.54) is 7.11 Å². The number of aromatic amines is 1. The van der Waals surface area contributed by atoms with Crippen LogP contribution in [0, 0.1) is 0 Å². The molecular formula is C23H29N3O5. The molecule has 3 rings (SSSR count). The summed E-state index contributed by atoms with van der Waals surface area (Å²) in [6.07, 6.45) is 8.89. The first kappa shape index (κ1) is 22.6. The smallest absolute Gasteiger partial charge is 0.347 e. The van der Waals surface area contributed by atoms with Crippen LogP contribution >= 0.6 is 0 Å². The maximum Gasteiger partial charge on any atom is 0.347 e. The van der Waals surface area contributed by atoms with Crippen LogP contribution < -0.4 is 5.32 Å². The summed E-state index contributed by atoms with van der Waals surface area (Å²) in [4.78, 5) is 33.1. The van der Waals surface area contributed by atoms with E-state index in [0.29, 0.717) is 5.65 Å². The molecule has 8 heteroatoms. The summed E-state index contributed by atoms with van der Waals surface area (Å²) in [6, 6.07) is 3.80. The SMILES string of the molecule is CCCCC(CC)NC1=C(C(=O)OCCOC)C(=O)/C(=C/c2c[nH]c3ncccc23)O1. The lowest BCUT2D eigenvalue weighted by Gasteiger charge is -2.18. The predicted octanol–water partition coefficient (Wildman–Crippen LogP) is 3.46. The molecule has 1 unspecified atom stereocenters. The van der Waals surface area contributed by atoms with E-state index in [1.54, 1.807) is 18.5 Å². The summed E-state index contributed by atoms with van der Waals surface area (Å²) in [5, 5.41) is 4.10. The summed E-state index contributed by atoms with van der Waals surface area (Å²) in [5.41, 5.74) is 1.34. The van der Waals surface area contributed by atoms with E-state index in [2.05, 4.69) is 29.1 Å². The topological polar surface area (TPSA) is 103 Å². The number of hydrogen-bond acceptors (Lipinski definition) is 7.